The molecule has 0 fully saturated rings. The zero-order valence-corrected chi connectivity index (χ0v) is 13.4. The maximum atomic E-state index is 6.22. The molecule has 1 heterocycles. The molecule has 0 aliphatic carbocycles. The first-order chi connectivity index (χ1) is 9.37. The van der Waals surface area contributed by atoms with Crippen molar-refractivity contribution in [1.29, 1.82) is 0 Å². The Morgan fingerprint density at radius 2 is 1.85 bits per heavy atom. The van der Waals surface area contributed by atoms with Crippen LogP contribution in [0.25, 0.3) is 0 Å². The van der Waals surface area contributed by atoms with Gasteiger partial charge >= 0.3 is 0 Å². The smallest absolute Gasteiger partial charge is 0.129 e. The van der Waals surface area contributed by atoms with Crippen molar-refractivity contribution in [2.75, 3.05) is 18.0 Å². The van der Waals surface area contributed by atoms with Crippen LogP contribution >= 0.6 is 11.6 Å². The van der Waals surface area contributed by atoms with Crippen molar-refractivity contribution in [3.8, 4) is 0 Å². The van der Waals surface area contributed by atoms with Crippen LogP contribution in [-0.4, -0.2) is 23.6 Å². The van der Waals surface area contributed by atoms with Gasteiger partial charge in [0.1, 0.15) is 5.82 Å². The molecule has 0 saturated carbocycles. The molecule has 0 atom stereocenters. The third kappa shape index (κ3) is 5.35. The molecule has 0 amide bonds. The fourth-order valence-corrected chi connectivity index (χ4v) is 1.87. The summed E-state index contributed by atoms with van der Waals surface area (Å²) in [6, 6.07) is 3.82. The number of rotatable bonds is 7. The Hall–Kier alpha value is -1.32. The predicted molar refractivity (Wildman–Crippen MR) is 88.4 cm³/mol. The summed E-state index contributed by atoms with van der Waals surface area (Å²) in [5.74, 6) is 0.889. The Morgan fingerprint density at radius 3 is 2.35 bits per heavy atom. The van der Waals surface area contributed by atoms with Crippen LogP contribution in [0.15, 0.2) is 37.4 Å². The fraction of sp³-hybridized carbons (Fsp3) is 0.438. The third-order valence-electron chi connectivity index (χ3n) is 2.71. The summed E-state index contributed by atoms with van der Waals surface area (Å²) in [5, 5.41) is 4.09. The van der Waals surface area contributed by atoms with Gasteiger partial charge in [0, 0.05) is 25.2 Å². The number of anilines is 1. The standard InChI is InChI=1S/C16H24ClN3/c1-6-10-20(11-7-2)15-9-8-13(17)14(19-15)12-18-16(3,4)5/h6-9,18H,1-2,10-12H2,3-5H3. The van der Waals surface area contributed by atoms with E-state index >= 15 is 0 Å². The summed E-state index contributed by atoms with van der Waals surface area (Å²) in [7, 11) is 0. The molecule has 0 spiro atoms. The quantitative estimate of drug-likeness (QED) is 0.775. The highest BCUT2D eigenvalue weighted by Crippen LogP contribution is 2.20. The van der Waals surface area contributed by atoms with Crippen LogP contribution in [0.3, 0.4) is 0 Å². The average Bonchev–Trinajstić information content (AvgIpc) is 2.36. The van der Waals surface area contributed by atoms with Gasteiger partial charge in [-0.15, -0.1) is 13.2 Å². The Kier molecular flexibility index (Phi) is 6.24. The van der Waals surface area contributed by atoms with Crippen molar-refractivity contribution in [2.45, 2.75) is 32.9 Å². The van der Waals surface area contributed by atoms with Crippen molar-refractivity contribution in [3.63, 3.8) is 0 Å². The molecule has 4 heteroatoms. The molecule has 0 unspecified atom stereocenters. The van der Waals surface area contributed by atoms with Crippen LogP contribution in [0, 0.1) is 0 Å². The molecule has 0 bridgehead atoms. The lowest BCUT2D eigenvalue weighted by Crippen LogP contribution is -2.35. The zero-order chi connectivity index (χ0) is 15.2. The van der Waals surface area contributed by atoms with E-state index in [-0.39, 0.29) is 5.54 Å². The molecule has 1 aromatic heterocycles. The van der Waals surface area contributed by atoms with E-state index in [9.17, 15) is 0 Å². The number of hydrogen-bond donors (Lipinski definition) is 1. The molecule has 110 valence electrons. The van der Waals surface area contributed by atoms with Gasteiger partial charge < -0.3 is 10.2 Å². The van der Waals surface area contributed by atoms with Crippen LogP contribution in [0.4, 0.5) is 5.82 Å². The van der Waals surface area contributed by atoms with Gasteiger partial charge in [-0.2, -0.15) is 0 Å². The van der Waals surface area contributed by atoms with E-state index in [1.807, 2.05) is 24.3 Å². The van der Waals surface area contributed by atoms with Crippen molar-refractivity contribution < 1.29 is 0 Å². The highest BCUT2D eigenvalue weighted by atomic mass is 35.5. The minimum Gasteiger partial charge on any atom is -0.349 e. The number of pyridine rings is 1. The normalized spacial score (nSPS) is 11.2. The molecule has 1 N–H and O–H groups in total. The molecule has 3 nitrogen and oxygen atoms in total. The van der Waals surface area contributed by atoms with Crippen LogP contribution in [0.1, 0.15) is 26.5 Å². The summed E-state index contributed by atoms with van der Waals surface area (Å²) in [6.07, 6.45) is 3.71. The first-order valence-corrected chi connectivity index (χ1v) is 7.12. The summed E-state index contributed by atoms with van der Waals surface area (Å²) < 4.78 is 0. The van der Waals surface area contributed by atoms with Gasteiger partial charge in [-0.05, 0) is 32.9 Å². The van der Waals surface area contributed by atoms with E-state index in [1.54, 1.807) is 0 Å². The molecular formula is C16H24ClN3. The van der Waals surface area contributed by atoms with Crippen LogP contribution in [-0.2, 0) is 6.54 Å². The van der Waals surface area contributed by atoms with E-state index < -0.39 is 0 Å². The SMILES string of the molecule is C=CCN(CC=C)c1ccc(Cl)c(CNC(C)(C)C)n1. The topological polar surface area (TPSA) is 28.2 Å². The van der Waals surface area contributed by atoms with Crippen molar-refractivity contribution in [2.24, 2.45) is 0 Å². The van der Waals surface area contributed by atoms with E-state index in [2.05, 4.69) is 49.1 Å². The van der Waals surface area contributed by atoms with Gasteiger partial charge in [0.25, 0.3) is 0 Å². The lowest BCUT2D eigenvalue weighted by atomic mass is 10.1. The molecule has 20 heavy (non-hydrogen) atoms. The predicted octanol–water partition coefficient (Wildman–Crippen LogP) is 3.80. The van der Waals surface area contributed by atoms with Gasteiger partial charge in [0.05, 0.1) is 10.7 Å². The summed E-state index contributed by atoms with van der Waals surface area (Å²) >= 11 is 6.22. The monoisotopic (exact) mass is 293 g/mol. The lowest BCUT2D eigenvalue weighted by Gasteiger charge is -2.23. The molecule has 1 aromatic rings. The number of nitrogens with zero attached hydrogens (tertiary/aromatic N) is 2. The second-order valence-corrected chi connectivity index (χ2v) is 6.09. The third-order valence-corrected chi connectivity index (χ3v) is 3.06. The van der Waals surface area contributed by atoms with E-state index in [1.165, 1.54) is 0 Å². The van der Waals surface area contributed by atoms with Crippen molar-refractivity contribution in [3.05, 3.63) is 48.2 Å². The zero-order valence-electron chi connectivity index (χ0n) is 12.6. The molecule has 1 rings (SSSR count). The second-order valence-electron chi connectivity index (χ2n) is 5.68. The van der Waals surface area contributed by atoms with E-state index in [0.29, 0.717) is 11.6 Å². The van der Waals surface area contributed by atoms with Crippen molar-refractivity contribution in [1.82, 2.24) is 10.3 Å². The minimum atomic E-state index is 0.0307. The van der Waals surface area contributed by atoms with E-state index in [4.69, 9.17) is 11.6 Å². The van der Waals surface area contributed by atoms with Crippen LogP contribution in [0.5, 0.6) is 0 Å². The Labute approximate surface area is 127 Å². The maximum Gasteiger partial charge on any atom is 0.129 e. The summed E-state index contributed by atoms with van der Waals surface area (Å²) in [6.45, 7) is 16.0. The van der Waals surface area contributed by atoms with Crippen LogP contribution < -0.4 is 10.2 Å². The molecular weight excluding hydrogens is 270 g/mol. The number of aromatic nitrogens is 1. The summed E-state index contributed by atoms with van der Waals surface area (Å²) in [4.78, 5) is 6.74. The van der Waals surface area contributed by atoms with Gasteiger partial charge in [0.2, 0.25) is 0 Å². The maximum absolute atomic E-state index is 6.22. The lowest BCUT2D eigenvalue weighted by molar-refractivity contribution is 0.421. The van der Waals surface area contributed by atoms with Gasteiger partial charge in [-0.3, -0.25) is 0 Å². The average molecular weight is 294 g/mol. The van der Waals surface area contributed by atoms with Gasteiger partial charge in [0.15, 0.2) is 0 Å². The highest BCUT2D eigenvalue weighted by molar-refractivity contribution is 6.31. The first-order valence-electron chi connectivity index (χ1n) is 6.74. The first kappa shape index (κ1) is 16.7. The number of nitrogens with one attached hydrogen (secondary N) is 1. The molecule has 0 aromatic carbocycles. The van der Waals surface area contributed by atoms with Crippen molar-refractivity contribution >= 4 is 17.4 Å². The molecule has 0 aliphatic heterocycles. The number of hydrogen-bond acceptors (Lipinski definition) is 3. The molecule has 0 aliphatic rings. The Bertz CT molecular complexity index is 453. The summed E-state index contributed by atoms with van der Waals surface area (Å²) in [5.41, 5.74) is 0.889. The van der Waals surface area contributed by atoms with Gasteiger partial charge in [-0.25, -0.2) is 4.98 Å². The van der Waals surface area contributed by atoms with E-state index in [0.717, 1.165) is 24.6 Å². The highest BCUT2D eigenvalue weighted by Gasteiger charge is 2.13. The fourth-order valence-electron chi connectivity index (χ4n) is 1.70. The largest absolute Gasteiger partial charge is 0.349 e. The minimum absolute atomic E-state index is 0.0307. The molecule has 0 radical (unpaired) electrons. The molecule has 0 saturated heterocycles. The second kappa shape index (κ2) is 7.46. The Morgan fingerprint density at radius 1 is 1.25 bits per heavy atom. The Balaban J connectivity index is 2.93. The van der Waals surface area contributed by atoms with Crippen LogP contribution in [0.2, 0.25) is 5.02 Å². The number of halogens is 1. The van der Waals surface area contributed by atoms with Gasteiger partial charge in [-0.1, -0.05) is 23.8 Å².